The van der Waals surface area contributed by atoms with E-state index in [1.807, 2.05) is 6.92 Å². The monoisotopic (exact) mass is 576 g/mol. The van der Waals surface area contributed by atoms with E-state index in [1.54, 1.807) is 18.3 Å². The Morgan fingerprint density at radius 2 is 1.77 bits per heavy atom. The Balaban J connectivity index is 1.39. The fourth-order valence-corrected chi connectivity index (χ4v) is 8.41. The van der Waals surface area contributed by atoms with Gasteiger partial charge in [0.05, 0.1) is 20.9 Å². The molecular weight excluding hydrogens is 550 g/mol. The number of amides is 1. The maximum atomic E-state index is 13.8. The van der Waals surface area contributed by atoms with E-state index in [9.17, 15) is 32.2 Å². The van der Waals surface area contributed by atoms with Crippen LogP contribution in [-0.2, 0) is 9.84 Å². The third kappa shape index (κ3) is 4.95. The topological polar surface area (TPSA) is 117 Å². The van der Waals surface area contributed by atoms with Gasteiger partial charge in [0.15, 0.2) is 21.5 Å². The number of pyridine rings is 1. The number of rotatable bonds is 6. The van der Waals surface area contributed by atoms with Crippen molar-refractivity contribution in [3.8, 4) is 0 Å². The van der Waals surface area contributed by atoms with Crippen LogP contribution in [0.5, 0.6) is 0 Å². The molecule has 2 saturated carbocycles. The summed E-state index contributed by atoms with van der Waals surface area (Å²) in [6.07, 6.45) is 1.64. The minimum Gasteiger partial charge on any atom is -0.386 e. The number of aliphatic hydroxyl groups excluding tert-OH is 1. The normalized spacial score (nSPS) is 25.3. The molecule has 2 aliphatic carbocycles. The van der Waals surface area contributed by atoms with Crippen LogP contribution < -0.4 is 5.32 Å². The van der Waals surface area contributed by atoms with Crippen LogP contribution in [0, 0.1) is 30.4 Å². The van der Waals surface area contributed by atoms with Crippen LogP contribution in [0.2, 0.25) is 5.02 Å². The lowest BCUT2D eigenvalue weighted by Gasteiger charge is -2.45. The highest BCUT2D eigenvalue weighted by Gasteiger charge is 2.59. The zero-order valence-electron chi connectivity index (χ0n) is 20.9. The Kier molecular flexibility index (Phi) is 7.26. The Bertz CT molecular complexity index is 1540. The number of aromatic nitrogens is 1. The van der Waals surface area contributed by atoms with Crippen molar-refractivity contribution in [2.45, 2.75) is 54.5 Å². The zero-order chi connectivity index (χ0) is 28.1. The maximum absolute atomic E-state index is 13.8. The molecule has 1 heterocycles. The number of nitrogens with one attached hydrogen (secondary N) is 1. The van der Waals surface area contributed by atoms with E-state index in [0.29, 0.717) is 18.5 Å². The van der Waals surface area contributed by atoms with Gasteiger partial charge in [-0.05, 0) is 92.5 Å². The number of fused-ring (bicyclic) bond motifs is 2. The molecule has 1 aromatic heterocycles. The van der Waals surface area contributed by atoms with E-state index in [0.717, 1.165) is 17.7 Å². The molecule has 0 aliphatic heterocycles. The van der Waals surface area contributed by atoms with E-state index in [4.69, 9.17) is 11.6 Å². The van der Waals surface area contributed by atoms with Crippen LogP contribution >= 0.6 is 11.6 Å². The van der Waals surface area contributed by atoms with Crippen molar-refractivity contribution in [2.75, 3.05) is 5.32 Å². The molecule has 0 spiro atoms. The average Bonchev–Trinajstić information content (AvgIpc) is 3.05. The molecule has 2 aromatic carbocycles. The van der Waals surface area contributed by atoms with Crippen LogP contribution in [0.3, 0.4) is 0 Å². The first-order valence-corrected chi connectivity index (χ1v) is 14.5. The second kappa shape index (κ2) is 10.2. The summed E-state index contributed by atoms with van der Waals surface area (Å²) in [4.78, 5) is 16.8. The van der Waals surface area contributed by atoms with Gasteiger partial charge in [-0.15, -0.1) is 0 Å². The summed E-state index contributed by atoms with van der Waals surface area (Å²) in [5, 5.41) is 24.3. The van der Waals surface area contributed by atoms with Crippen molar-refractivity contribution < 1.29 is 32.2 Å². The third-order valence-electron chi connectivity index (χ3n) is 8.04. The fraction of sp³-hybridized carbons (Fsp3) is 0.357. The Morgan fingerprint density at radius 1 is 1.08 bits per heavy atom. The van der Waals surface area contributed by atoms with Gasteiger partial charge in [-0.3, -0.25) is 9.78 Å². The quantitative estimate of drug-likeness (QED) is 0.380. The molecule has 5 atom stereocenters. The summed E-state index contributed by atoms with van der Waals surface area (Å²) >= 11 is 6.29. The van der Waals surface area contributed by atoms with E-state index >= 15 is 0 Å². The van der Waals surface area contributed by atoms with Crippen LogP contribution in [0.4, 0.5) is 14.5 Å². The first-order chi connectivity index (χ1) is 18.4. The first-order valence-electron chi connectivity index (χ1n) is 12.5. The highest BCUT2D eigenvalue weighted by molar-refractivity contribution is 7.92. The molecule has 2 aliphatic rings. The number of aliphatic hydroxyl groups is 2. The number of carbonyl (C=O) groups excluding carboxylic acids is 1. The third-order valence-corrected chi connectivity index (χ3v) is 10.7. The average molecular weight is 577 g/mol. The second-order valence-electron chi connectivity index (χ2n) is 10.4. The summed E-state index contributed by atoms with van der Waals surface area (Å²) in [6, 6.07) is 10.2. The number of sulfone groups is 1. The number of halogens is 3. The first kappa shape index (κ1) is 27.6. The number of anilines is 1. The fourth-order valence-electron chi connectivity index (χ4n) is 6.01. The lowest BCUT2D eigenvalue weighted by atomic mass is 9.70. The van der Waals surface area contributed by atoms with E-state index < -0.39 is 56.2 Å². The molecule has 5 rings (SSSR count). The highest BCUT2D eigenvalue weighted by Crippen LogP contribution is 2.56. The van der Waals surface area contributed by atoms with Crippen LogP contribution in [0.1, 0.15) is 53.4 Å². The van der Waals surface area contributed by atoms with E-state index in [-0.39, 0.29) is 34.0 Å². The standard InChI is InChI=1S/C28H27ClF2N2O5S/c1-15-8-9-32-24(10-15)26(34)28(36)17-3-4-18(28)13-20(12-17)39(37,38)25-11-16(2-6-21(25)29)27(35)33-19-5-7-22(30)23(31)14-19/h2,5-11,14,17-18,20,26,34,36H,3-4,12-13H2,1H3,(H,33,35)/t17-,18+,20?,26-,28?/m0/s1. The zero-order valence-corrected chi connectivity index (χ0v) is 22.5. The minimum atomic E-state index is -4.04. The smallest absolute Gasteiger partial charge is 0.255 e. The molecule has 206 valence electrons. The van der Waals surface area contributed by atoms with Crippen molar-refractivity contribution in [3.63, 3.8) is 0 Å². The summed E-state index contributed by atoms with van der Waals surface area (Å²) in [7, 11) is -4.04. The van der Waals surface area contributed by atoms with E-state index in [1.165, 1.54) is 24.3 Å². The van der Waals surface area contributed by atoms with Gasteiger partial charge in [-0.25, -0.2) is 17.2 Å². The van der Waals surface area contributed by atoms with E-state index in [2.05, 4.69) is 10.3 Å². The lowest BCUT2D eigenvalue weighted by molar-refractivity contribution is -0.145. The van der Waals surface area contributed by atoms with Gasteiger partial charge in [0, 0.05) is 23.5 Å². The van der Waals surface area contributed by atoms with Crippen LogP contribution in [0.15, 0.2) is 59.6 Å². The number of benzene rings is 2. The molecule has 3 N–H and O–H groups in total. The molecule has 2 unspecified atom stereocenters. The molecule has 0 radical (unpaired) electrons. The molecule has 2 fully saturated rings. The predicted molar refractivity (Wildman–Crippen MR) is 141 cm³/mol. The number of nitrogens with zero attached hydrogens (tertiary/aromatic N) is 1. The van der Waals surface area contributed by atoms with Gasteiger partial charge in [-0.1, -0.05) is 11.6 Å². The molecule has 7 nitrogen and oxygen atoms in total. The Hall–Kier alpha value is -2.92. The van der Waals surface area contributed by atoms with Crippen molar-refractivity contribution in [2.24, 2.45) is 11.8 Å². The van der Waals surface area contributed by atoms with Crippen molar-refractivity contribution in [1.82, 2.24) is 4.98 Å². The number of hydrogen-bond acceptors (Lipinski definition) is 6. The second-order valence-corrected chi connectivity index (χ2v) is 13.0. The summed E-state index contributed by atoms with van der Waals surface area (Å²) in [6.45, 7) is 1.86. The Labute approximate surface area is 229 Å². The van der Waals surface area contributed by atoms with Crippen LogP contribution in [-0.4, -0.2) is 40.4 Å². The largest absolute Gasteiger partial charge is 0.386 e. The number of aryl methyl sites for hydroxylation is 1. The van der Waals surface area contributed by atoms with Crippen LogP contribution in [0.25, 0.3) is 0 Å². The molecule has 3 aromatic rings. The summed E-state index contributed by atoms with van der Waals surface area (Å²) < 4.78 is 54.3. The predicted octanol–water partition coefficient (Wildman–Crippen LogP) is 5.00. The molecule has 11 heteroatoms. The number of hydrogen-bond donors (Lipinski definition) is 3. The maximum Gasteiger partial charge on any atom is 0.255 e. The molecule has 1 amide bonds. The van der Waals surface area contributed by atoms with Gasteiger partial charge < -0.3 is 15.5 Å². The highest BCUT2D eigenvalue weighted by atomic mass is 35.5. The molecule has 0 saturated heterocycles. The van der Waals surface area contributed by atoms with Gasteiger partial charge in [0.25, 0.3) is 5.91 Å². The van der Waals surface area contributed by atoms with Crippen molar-refractivity contribution in [3.05, 3.63) is 88.2 Å². The van der Waals surface area contributed by atoms with Gasteiger partial charge in [-0.2, -0.15) is 0 Å². The molecular formula is C28H27ClF2N2O5S. The molecule has 2 bridgehead atoms. The lowest BCUT2D eigenvalue weighted by Crippen LogP contribution is -2.52. The summed E-state index contributed by atoms with van der Waals surface area (Å²) in [5.41, 5.74) is -0.308. The molecule has 39 heavy (non-hydrogen) atoms. The Morgan fingerprint density at radius 3 is 2.41 bits per heavy atom. The summed E-state index contributed by atoms with van der Waals surface area (Å²) in [5.74, 6) is -3.88. The van der Waals surface area contributed by atoms with Gasteiger partial charge in [0.1, 0.15) is 11.7 Å². The minimum absolute atomic E-state index is 0.00283. The van der Waals surface area contributed by atoms with Gasteiger partial charge in [0.2, 0.25) is 0 Å². The SMILES string of the molecule is Cc1ccnc([C@H](O)C2(O)[C@@H]3CC[C@H]2CC(S(=O)(=O)c2cc(C(=O)Nc4ccc(F)c(F)c4)ccc2Cl)C3)c1. The van der Waals surface area contributed by atoms with Gasteiger partial charge >= 0.3 is 0 Å². The number of carbonyl (C=O) groups is 1. The van der Waals surface area contributed by atoms with Crippen molar-refractivity contribution in [1.29, 1.82) is 0 Å². The van der Waals surface area contributed by atoms with Crippen molar-refractivity contribution >= 4 is 33.0 Å².